The fourth-order valence-corrected chi connectivity index (χ4v) is 0.806. The quantitative estimate of drug-likeness (QED) is 0.630. The van der Waals surface area contributed by atoms with Gasteiger partial charge in [-0.05, 0) is 19.1 Å². The van der Waals surface area contributed by atoms with E-state index in [4.69, 9.17) is 0 Å². The number of aromatic nitrogens is 1. The van der Waals surface area contributed by atoms with Gasteiger partial charge in [0.1, 0.15) is 5.75 Å². The Bertz CT molecular complexity index is 295. The zero-order valence-electron chi connectivity index (χ0n) is 8.01. The third kappa shape index (κ3) is 5.35. The summed E-state index contributed by atoms with van der Waals surface area (Å²) in [5.74, 6) is 0.182. The Balaban J connectivity index is 0.00000169. The molecule has 1 aromatic rings. The van der Waals surface area contributed by atoms with Crippen molar-refractivity contribution in [2.75, 3.05) is 6.51 Å². The first-order chi connectivity index (χ1) is 5.99. The number of ether oxygens (including phenoxy) is 1. The summed E-state index contributed by atoms with van der Waals surface area (Å²) < 4.78 is 39.9. The molecule has 7 heteroatoms. The van der Waals surface area contributed by atoms with Crippen molar-refractivity contribution in [3.63, 3.8) is 0 Å². The molecule has 0 aromatic carbocycles. The van der Waals surface area contributed by atoms with Crippen LogP contribution in [-0.2, 0) is 0 Å². The Morgan fingerprint density at radius 2 is 2.07 bits per heavy atom. The molecular formula is C7H8BF3KNO. The number of aryl methyl sites for hydroxylation is 1. The molecule has 0 aliphatic rings. The minimum Gasteiger partial charge on any atom is -0.520 e. The summed E-state index contributed by atoms with van der Waals surface area (Å²) in [4.78, 5) is 3.79. The summed E-state index contributed by atoms with van der Waals surface area (Å²) in [6.45, 7) is -4.51. The van der Waals surface area contributed by atoms with Crippen molar-refractivity contribution in [2.24, 2.45) is 0 Å². The molecule has 0 saturated heterocycles. The monoisotopic (exact) mass is 229 g/mol. The van der Waals surface area contributed by atoms with Crippen LogP contribution in [0.4, 0.5) is 12.9 Å². The second-order valence-corrected chi connectivity index (χ2v) is 2.61. The molecule has 72 valence electrons. The summed E-state index contributed by atoms with van der Waals surface area (Å²) in [5.41, 5.74) is 0.461. The van der Waals surface area contributed by atoms with Gasteiger partial charge in [-0.25, -0.2) is 0 Å². The Labute approximate surface area is 123 Å². The van der Waals surface area contributed by atoms with Crippen molar-refractivity contribution in [2.45, 2.75) is 6.92 Å². The average molecular weight is 229 g/mol. The van der Waals surface area contributed by atoms with Gasteiger partial charge in [-0.3, -0.25) is 4.98 Å². The van der Waals surface area contributed by atoms with E-state index < -0.39 is 13.5 Å². The molecule has 1 rings (SSSR count). The summed E-state index contributed by atoms with van der Waals surface area (Å²) in [7, 11) is 0. The molecular weight excluding hydrogens is 221 g/mol. The van der Waals surface area contributed by atoms with Crippen LogP contribution in [0, 0.1) is 6.92 Å². The van der Waals surface area contributed by atoms with Crippen LogP contribution in [0.15, 0.2) is 18.3 Å². The van der Waals surface area contributed by atoms with Crippen molar-refractivity contribution in [3.05, 3.63) is 24.0 Å². The normalized spacial score (nSPS) is 10.6. The van der Waals surface area contributed by atoms with Gasteiger partial charge in [-0.1, -0.05) is 0 Å². The Morgan fingerprint density at radius 1 is 1.43 bits per heavy atom. The maximum absolute atomic E-state index is 11.8. The van der Waals surface area contributed by atoms with Crippen LogP contribution in [-0.4, -0.2) is 18.5 Å². The molecule has 0 spiro atoms. The van der Waals surface area contributed by atoms with E-state index in [9.17, 15) is 12.9 Å². The van der Waals surface area contributed by atoms with Crippen LogP contribution in [0.1, 0.15) is 5.69 Å². The molecule has 14 heavy (non-hydrogen) atoms. The van der Waals surface area contributed by atoms with E-state index in [1.165, 1.54) is 18.3 Å². The molecule has 1 heterocycles. The van der Waals surface area contributed by atoms with Crippen LogP contribution in [0.5, 0.6) is 5.75 Å². The molecule has 2 nitrogen and oxygen atoms in total. The number of hydrogen-bond acceptors (Lipinski definition) is 2. The summed E-state index contributed by atoms with van der Waals surface area (Å²) >= 11 is 0. The van der Waals surface area contributed by atoms with Crippen molar-refractivity contribution >= 4 is 6.98 Å². The van der Waals surface area contributed by atoms with Gasteiger partial charge in [0.15, 0.2) is 0 Å². The number of halogens is 3. The Kier molecular flexibility index (Phi) is 6.31. The Morgan fingerprint density at radius 3 is 2.57 bits per heavy atom. The molecule has 0 saturated carbocycles. The minimum absolute atomic E-state index is 0. The second-order valence-electron chi connectivity index (χ2n) is 2.61. The van der Waals surface area contributed by atoms with Crippen molar-refractivity contribution in [3.8, 4) is 5.75 Å². The summed E-state index contributed by atoms with van der Waals surface area (Å²) in [6, 6.07) is 3.00. The molecule has 0 bridgehead atoms. The van der Waals surface area contributed by atoms with Gasteiger partial charge < -0.3 is 17.7 Å². The van der Waals surface area contributed by atoms with Crippen LogP contribution in [0.3, 0.4) is 0 Å². The van der Waals surface area contributed by atoms with E-state index in [0.717, 1.165) is 0 Å². The largest absolute Gasteiger partial charge is 1.00 e. The number of rotatable bonds is 3. The molecule has 1 aromatic heterocycles. The van der Waals surface area contributed by atoms with Gasteiger partial charge in [0.2, 0.25) is 0 Å². The topological polar surface area (TPSA) is 22.1 Å². The fourth-order valence-electron chi connectivity index (χ4n) is 0.806. The second kappa shape index (κ2) is 6.12. The van der Waals surface area contributed by atoms with Crippen LogP contribution in [0.2, 0.25) is 0 Å². The van der Waals surface area contributed by atoms with Crippen LogP contribution >= 0.6 is 0 Å². The van der Waals surface area contributed by atoms with Crippen molar-refractivity contribution in [1.82, 2.24) is 4.98 Å². The molecule has 0 N–H and O–H groups in total. The first-order valence-electron chi connectivity index (χ1n) is 3.74. The van der Waals surface area contributed by atoms with E-state index in [1.54, 1.807) is 6.92 Å². The zero-order valence-corrected chi connectivity index (χ0v) is 11.1. The van der Waals surface area contributed by atoms with E-state index in [-0.39, 0.29) is 57.1 Å². The van der Waals surface area contributed by atoms with Gasteiger partial charge in [-0.2, -0.15) is 0 Å². The smallest absolute Gasteiger partial charge is 0.520 e. The number of hydrogen-bond donors (Lipinski definition) is 0. The maximum atomic E-state index is 11.8. The predicted octanol–water partition coefficient (Wildman–Crippen LogP) is -0.841. The maximum Gasteiger partial charge on any atom is 1.00 e. The average Bonchev–Trinajstić information content (AvgIpc) is 2.01. The zero-order chi connectivity index (χ0) is 9.90. The molecule has 0 fully saturated rings. The first kappa shape index (κ1) is 14.4. The van der Waals surface area contributed by atoms with Crippen LogP contribution < -0.4 is 56.1 Å². The van der Waals surface area contributed by atoms with Gasteiger partial charge >= 0.3 is 58.4 Å². The predicted molar refractivity (Wildman–Crippen MR) is 43.5 cm³/mol. The van der Waals surface area contributed by atoms with Crippen LogP contribution in [0.25, 0.3) is 0 Å². The van der Waals surface area contributed by atoms with Gasteiger partial charge in [0.05, 0.1) is 12.2 Å². The minimum atomic E-state index is -4.89. The molecule has 0 unspecified atom stereocenters. The SMILES string of the molecule is Cc1ncccc1OC[B-](F)(F)F.[K+]. The standard InChI is InChI=1S/C7H8BF3NO.K/c1-6-7(3-2-4-12-6)13-5-8(9,10)11;/h2-4H,5H2,1H3;/q-1;+1. The van der Waals surface area contributed by atoms with Gasteiger partial charge in [0.25, 0.3) is 0 Å². The van der Waals surface area contributed by atoms with E-state index in [0.29, 0.717) is 5.69 Å². The van der Waals surface area contributed by atoms with E-state index >= 15 is 0 Å². The number of nitrogens with zero attached hydrogens (tertiary/aromatic N) is 1. The summed E-state index contributed by atoms with van der Waals surface area (Å²) in [6.07, 6.45) is 1.50. The van der Waals surface area contributed by atoms with Crippen molar-refractivity contribution < 1.29 is 69.1 Å². The molecule has 0 aliphatic heterocycles. The number of pyridine rings is 1. The first-order valence-corrected chi connectivity index (χ1v) is 3.74. The molecule has 0 aliphatic carbocycles. The van der Waals surface area contributed by atoms with Crippen molar-refractivity contribution in [1.29, 1.82) is 0 Å². The van der Waals surface area contributed by atoms with Gasteiger partial charge in [0, 0.05) is 6.20 Å². The molecule has 0 radical (unpaired) electrons. The fraction of sp³-hybridized carbons (Fsp3) is 0.286. The van der Waals surface area contributed by atoms with E-state index in [1.807, 2.05) is 0 Å². The Hall–Kier alpha value is 0.441. The molecule has 0 atom stereocenters. The molecule has 0 amide bonds. The van der Waals surface area contributed by atoms with Gasteiger partial charge in [-0.15, -0.1) is 0 Å². The summed E-state index contributed by atoms with van der Waals surface area (Å²) in [5, 5.41) is 0. The third-order valence-electron chi connectivity index (χ3n) is 1.39. The third-order valence-corrected chi connectivity index (χ3v) is 1.39. The van der Waals surface area contributed by atoms with E-state index in [2.05, 4.69) is 9.72 Å².